The molecule has 1 saturated carbocycles. The van der Waals surface area contributed by atoms with Gasteiger partial charge in [0.2, 0.25) is 11.8 Å². The fourth-order valence-corrected chi connectivity index (χ4v) is 2.08. The predicted octanol–water partition coefficient (Wildman–Crippen LogP) is 0.710. The van der Waals surface area contributed by atoms with Gasteiger partial charge in [0.25, 0.3) is 0 Å². The second-order valence-corrected chi connectivity index (χ2v) is 4.44. The molecule has 1 aromatic rings. The first-order valence-electron chi connectivity index (χ1n) is 6.17. The number of aryl methyl sites for hydroxylation is 1. The van der Waals surface area contributed by atoms with E-state index in [0.29, 0.717) is 18.4 Å². The molecule has 18 heavy (non-hydrogen) atoms. The lowest BCUT2D eigenvalue weighted by Gasteiger charge is -2.42. The maximum Gasteiger partial charge on any atom is 0.226 e. The van der Waals surface area contributed by atoms with E-state index in [1.165, 1.54) is 0 Å². The third-order valence-corrected chi connectivity index (χ3v) is 3.08. The van der Waals surface area contributed by atoms with Crippen molar-refractivity contribution in [2.45, 2.75) is 38.5 Å². The normalized spacial score (nSPS) is 26.6. The van der Waals surface area contributed by atoms with Gasteiger partial charge in [-0.15, -0.1) is 0 Å². The summed E-state index contributed by atoms with van der Waals surface area (Å²) in [6.07, 6.45) is 1.01. The summed E-state index contributed by atoms with van der Waals surface area (Å²) in [5.74, 6) is 1.09. The van der Waals surface area contributed by atoms with Crippen molar-refractivity contribution in [1.29, 1.82) is 0 Å². The third kappa shape index (κ3) is 2.70. The van der Waals surface area contributed by atoms with Gasteiger partial charge in [-0.05, 0) is 20.3 Å². The molecule has 0 bridgehead atoms. The van der Waals surface area contributed by atoms with Crippen LogP contribution in [0.15, 0.2) is 6.07 Å². The van der Waals surface area contributed by atoms with Crippen molar-refractivity contribution >= 4 is 5.95 Å². The van der Waals surface area contributed by atoms with Crippen LogP contribution in [0.2, 0.25) is 0 Å². The van der Waals surface area contributed by atoms with Crippen LogP contribution < -0.4 is 15.8 Å². The van der Waals surface area contributed by atoms with E-state index < -0.39 is 0 Å². The Hall–Kier alpha value is -1.40. The maximum absolute atomic E-state index is 5.97. The van der Waals surface area contributed by atoms with E-state index in [1.807, 2.05) is 13.8 Å². The van der Waals surface area contributed by atoms with Crippen LogP contribution in [0.4, 0.5) is 5.95 Å². The van der Waals surface area contributed by atoms with E-state index in [4.69, 9.17) is 15.2 Å². The lowest BCUT2D eigenvalue weighted by Crippen LogP contribution is -2.60. The van der Waals surface area contributed by atoms with Crippen molar-refractivity contribution in [3.63, 3.8) is 0 Å². The van der Waals surface area contributed by atoms with E-state index in [9.17, 15) is 0 Å². The summed E-state index contributed by atoms with van der Waals surface area (Å²) in [6, 6.07) is 1.93. The van der Waals surface area contributed by atoms with Crippen molar-refractivity contribution in [3.8, 4) is 5.88 Å². The fourth-order valence-electron chi connectivity index (χ4n) is 2.08. The summed E-state index contributed by atoms with van der Waals surface area (Å²) in [6.45, 7) is 4.57. The molecule has 1 aromatic heterocycles. The van der Waals surface area contributed by atoms with E-state index in [2.05, 4.69) is 15.3 Å². The maximum atomic E-state index is 5.97. The van der Waals surface area contributed by atoms with Gasteiger partial charge in [-0.1, -0.05) is 0 Å². The van der Waals surface area contributed by atoms with Gasteiger partial charge in [0, 0.05) is 24.4 Å². The summed E-state index contributed by atoms with van der Waals surface area (Å²) in [4.78, 5) is 8.57. The number of hydrogen-bond donors (Lipinski definition) is 2. The van der Waals surface area contributed by atoms with Crippen molar-refractivity contribution in [2.24, 2.45) is 5.73 Å². The zero-order valence-corrected chi connectivity index (χ0v) is 11.0. The highest BCUT2D eigenvalue weighted by Crippen LogP contribution is 2.25. The van der Waals surface area contributed by atoms with Crippen molar-refractivity contribution in [1.82, 2.24) is 9.97 Å². The monoisotopic (exact) mass is 252 g/mol. The lowest BCUT2D eigenvalue weighted by atomic mass is 9.83. The smallest absolute Gasteiger partial charge is 0.226 e. The van der Waals surface area contributed by atoms with E-state index >= 15 is 0 Å². The van der Waals surface area contributed by atoms with Crippen LogP contribution in [0.3, 0.4) is 0 Å². The molecular weight excluding hydrogens is 232 g/mol. The quantitative estimate of drug-likeness (QED) is 0.803. The molecule has 1 aliphatic rings. The second kappa shape index (κ2) is 5.49. The predicted molar refractivity (Wildman–Crippen MR) is 68.7 cm³/mol. The molecular formula is C12H20N4O2. The number of nitrogens with two attached hydrogens (primary N) is 1. The van der Waals surface area contributed by atoms with E-state index in [1.54, 1.807) is 13.2 Å². The standard InChI is InChI=1S/C12H20N4O2/c1-4-18-9-6-8(13)11(9)16-12-14-7(2)5-10(15-12)17-3/h5,8-9,11H,4,6,13H2,1-3H3,(H,14,15,16). The zero-order valence-electron chi connectivity index (χ0n) is 11.0. The van der Waals surface area contributed by atoms with Gasteiger partial charge in [0.05, 0.1) is 19.3 Å². The molecule has 6 nitrogen and oxygen atoms in total. The van der Waals surface area contributed by atoms with Crippen LogP contribution in [-0.2, 0) is 4.74 Å². The molecule has 100 valence electrons. The van der Waals surface area contributed by atoms with E-state index in [-0.39, 0.29) is 18.2 Å². The van der Waals surface area contributed by atoms with Gasteiger partial charge in [0.1, 0.15) is 0 Å². The Morgan fingerprint density at radius 1 is 1.50 bits per heavy atom. The van der Waals surface area contributed by atoms with Gasteiger partial charge in [-0.25, -0.2) is 4.98 Å². The lowest BCUT2D eigenvalue weighted by molar-refractivity contribution is -0.0128. The zero-order chi connectivity index (χ0) is 13.1. The number of anilines is 1. The number of nitrogens with zero attached hydrogens (tertiary/aromatic N) is 2. The average molecular weight is 252 g/mol. The molecule has 0 saturated heterocycles. The van der Waals surface area contributed by atoms with Crippen molar-refractivity contribution in [2.75, 3.05) is 19.0 Å². The minimum atomic E-state index is 0.0662. The molecule has 1 heterocycles. The Bertz CT molecular complexity index is 411. The van der Waals surface area contributed by atoms with Crippen molar-refractivity contribution < 1.29 is 9.47 Å². The molecule has 0 amide bonds. The summed E-state index contributed by atoms with van der Waals surface area (Å²) >= 11 is 0. The Labute approximate surface area is 107 Å². The number of methoxy groups -OCH3 is 1. The van der Waals surface area contributed by atoms with Crippen LogP contribution in [0, 0.1) is 6.92 Å². The molecule has 6 heteroatoms. The number of nitrogens with one attached hydrogen (secondary N) is 1. The first-order chi connectivity index (χ1) is 8.63. The molecule has 3 atom stereocenters. The second-order valence-electron chi connectivity index (χ2n) is 4.44. The Kier molecular flexibility index (Phi) is 3.98. The van der Waals surface area contributed by atoms with Crippen LogP contribution in [0.5, 0.6) is 5.88 Å². The van der Waals surface area contributed by atoms with Crippen molar-refractivity contribution in [3.05, 3.63) is 11.8 Å². The topological polar surface area (TPSA) is 82.3 Å². The SMILES string of the molecule is CCOC1CC(N)C1Nc1nc(C)cc(OC)n1. The highest BCUT2D eigenvalue weighted by molar-refractivity contribution is 5.34. The number of aromatic nitrogens is 2. The molecule has 3 unspecified atom stereocenters. The molecule has 2 rings (SSSR count). The van der Waals surface area contributed by atoms with Crippen LogP contribution in [0.1, 0.15) is 19.0 Å². The Balaban J connectivity index is 2.06. The largest absolute Gasteiger partial charge is 0.481 e. The van der Waals surface area contributed by atoms with Gasteiger partial charge in [0.15, 0.2) is 0 Å². The van der Waals surface area contributed by atoms with Crippen LogP contribution >= 0.6 is 0 Å². The minimum absolute atomic E-state index is 0.0662. The highest BCUT2D eigenvalue weighted by atomic mass is 16.5. The molecule has 0 aliphatic heterocycles. The van der Waals surface area contributed by atoms with Gasteiger partial charge < -0.3 is 20.5 Å². The molecule has 1 aliphatic carbocycles. The van der Waals surface area contributed by atoms with E-state index in [0.717, 1.165) is 12.1 Å². The Morgan fingerprint density at radius 3 is 2.89 bits per heavy atom. The molecule has 3 N–H and O–H groups in total. The average Bonchev–Trinajstić information content (AvgIpc) is 2.35. The molecule has 0 spiro atoms. The van der Waals surface area contributed by atoms with Crippen LogP contribution in [0.25, 0.3) is 0 Å². The number of ether oxygens (including phenoxy) is 2. The third-order valence-electron chi connectivity index (χ3n) is 3.08. The van der Waals surface area contributed by atoms with Crippen LogP contribution in [-0.4, -0.2) is 41.9 Å². The number of hydrogen-bond acceptors (Lipinski definition) is 6. The minimum Gasteiger partial charge on any atom is -0.481 e. The van der Waals surface area contributed by atoms with Gasteiger partial charge in [-0.3, -0.25) is 0 Å². The molecule has 0 radical (unpaired) electrons. The summed E-state index contributed by atoms with van der Waals surface area (Å²) in [5, 5.41) is 3.23. The molecule has 0 aromatic carbocycles. The van der Waals surface area contributed by atoms with Gasteiger partial charge in [-0.2, -0.15) is 4.98 Å². The van der Waals surface area contributed by atoms with Gasteiger partial charge >= 0.3 is 0 Å². The number of rotatable bonds is 5. The highest BCUT2D eigenvalue weighted by Gasteiger charge is 2.39. The summed E-state index contributed by atoms with van der Waals surface area (Å²) in [7, 11) is 1.59. The first kappa shape index (κ1) is 13.0. The fraction of sp³-hybridized carbons (Fsp3) is 0.667. The Morgan fingerprint density at radius 2 is 2.28 bits per heavy atom. The summed E-state index contributed by atoms with van der Waals surface area (Å²) in [5.41, 5.74) is 6.82. The first-order valence-corrected chi connectivity index (χ1v) is 6.17. The molecule has 1 fully saturated rings. The summed E-state index contributed by atoms with van der Waals surface area (Å²) < 4.78 is 10.7.